The molecule has 0 aliphatic carbocycles. The fourth-order valence-electron chi connectivity index (χ4n) is 2.75. The summed E-state index contributed by atoms with van der Waals surface area (Å²) in [6, 6.07) is 8.76. The zero-order chi connectivity index (χ0) is 13.5. The number of para-hydroxylation sites is 1. The van der Waals surface area contributed by atoms with Crippen molar-refractivity contribution in [2.75, 3.05) is 38.3 Å². The zero-order valence-electron chi connectivity index (χ0n) is 12.2. The Bertz CT molecular complexity index is 381. The highest BCUT2D eigenvalue weighted by Gasteiger charge is 2.22. The van der Waals surface area contributed by atoms with Crippen molar-refractivity contribution >= 4 is 5.69 Å². The Balaban J connectivity index is 1.96. The number of methoxy groups -OCH3 is 1. The summed E-state index contributed by atoms with van der Waals surface area (Å²) in [7, 11) is 1.74. The van der Waals surface area contributed by atoms with E-state index in [1.807, 2.05) is 0 Å². The van der Waals surface area contributed by atoms with Crippen molar-refractivity contribution in [3.63, 3.8) is 0 Å². The molecule has 1 aliphatic rings. The molecule has 3 heteroatoms. The average molecular weight is 262 g/mol. The fraction of sp³-hybridized carbons (Fsp3) is 0.625. The van der Waals surface area contributed by atoms with Crippen LogP contribution in [0.2, 0.25) is 0 Å². The Kier molecular flexibility index (Phi) is 5.67. The lowest BCUT2D eigenvalue weighted by molar-refractivity contribution is 0.199. The zero-order valence-corrected chi connectivity index (χ0v) is 12.2. The van der Waals surface area contributed by atoms with Gasteiger partial charge in [0, 0.05) is 39.0 Å². The average Bonchev–Trinajstić information content (AvgIpc) is 2.93. The van der Waals surface area contributed by atoms with E-state index < -0.39 is 0 Å². The van der Waals surface area contributed by atoms with Crippen LogP contribution in [0.25, 0.3) is 0 Å². The predicted molar refractivity (Wildman–Crippen MR) is 80.6 cm³/mol. The van der Waals surface area contributed by atoms with Gasteiger partial charge in [-0.2, -0.15) is 0 Å². The lowest BCUT2D eigenvalue weighted by Gasteiger charge is -2.22. The van der Waals surface area contributed by atoms with Crippen LogP contribution >= 0.6 is 0 Å². The number of hydrogen-bond donors (Lipinski definition) is 1. The second-order valence-corrected chi connectivity index (χ2v) is 5.31. The van der Waals surface area contributed by atoms with Crippen LogP contribution in [0.5, 0.6) is 0 Å². The number of nitrogens with zero attached hydrogens (tertiary/aromatic N) is 1. The predicted octanol–water partition coefficient (Wildman–Crippen LogP) is 2.66. The number of nitrogens with one attached hydrogen (secondary N) is 1. The van der Waals surface area contributed by atoms with Gasteiger partial charge in [0.2, 0.25) is 0 Å². The molecule has 0 bridgehead atoms. The number of benzene rings is 1. The van der Waals surface area contributed by atoms with E-state index >= 15 is 0 Å². The van der Waals surface area contributed by atoms with E-state index in [1.165, 1.54) is 37.2 Å². The van der Waals surface area contributed by atoms with Crippen LogP contribution < -0.4 is 10.2 Å². The Hall–Kier alpha value is -1.06. The van der Waals surface area contributed by atoms with Crippen LogP contribution in [-0.2, 0) is 11.3 Å². The van der Waals surface area contributed by atoms with Gasteiger partial charge < -0.3 is 15.0 Å². The highest BCUT2D eigenvalue weighted by atomic mass is 16.5. The van der Waals surface area contributed by atoms with E-state index in [2.05, 4.69) is 41.4 Å². The molecule has 2 rings (SSSR count). The molecule has 0 amide bonds. The normalized spacial score (nSPS) is 19.1. The van der Waals surface area contributed by atoms with Gasteiger partial charge in [0.05, 0.1) is 6.61 Å². The molecule has 1 aromatic rings. The minimum atomic E-state index is 0.768. The number of ether oxygens (including phenoxy) is 1. The monoisotopic (exact) mass is 262 g/mol. The third kappa shape index (κ3) is 3.95. The van der Waals surface area contributed by atoms with Crippen molar-refractivity contribution in [1.29, 1.82) is 0 Å². The molecule has 106 valence electrons. The SMILES string of the molecule is CCC1CCN(c2ccccc2CNCCOC)C1. The molecule has 1 heterocycles. The van der Waals surface area contributed by atoms with E-state index in [0.29, 0.717) is 0 Å². The Morgan fingerprint density at radius 3 is 2.95 bits per heavy atom. The van der Waals surface area contributed by atoms with Gasteiger partial charge in [0.25, 0.3) is 0 Å². The van der Waals surface area contributed by atoms with E-state index in [1.54, 1.807) is 7.11 Å². The summed E-state index contributed by atoms with van der Waals surface area (Å²) in [5, 5.41) is 3.44. The quantitative estimate of drug-likeness (QED) is 0.765. The van der Waals surface area contributed by atoms with Gasteiger partial charge >= 0.3 is 0 Å². The molecular formula is C16H26N2O. The minimum Gasteiger partial charge on any atom is -0.383 e. The molecule has 3 nitrogen and oxygen atoms in total. The Labute approximate surface area is 116 Å². The van der Waals surface area contributed by atoms with Gasteiger partial charge in [0.1, 0.15) is 0 Å². The van der Waals surface area contributed by atoms with Crippen LogP contribution in [0, 0.1) is 5.92 Å². The molecular weight excluding hydrogens is 236 g/mol. The summed E-state index contributed by atoms with van der Waals surface area (Å²) in [6.07, 6.45) is 2.63. The fourth-order valence-corrected chi connectivity index (χ4v) is 2.75. The topological polar surface area (TPSA) is 24.5 Å². The van der Waals surface area contributed by atoms with Crippen molar-refractivity contribution in [3.8, 4) is 0 Å². The third-order valence-corrected chi connectivity index (χ3v) is 3.99. The molecule has 0 saturated carbocycles. The van der Waals surface area contributed by atoms with E-state index in [0.717, 1.165) is 25.6 Å². The van der Waals surface area contributed by atoms with Crippen LogP contribution in [0.4, 0.5) is 5.69 Å². The van der Waals surface area contributed by atoms with E-state index in [4.69, 9.17) is 4.74 Å². The molecule has 1 fully saturated rings. The Morgan fingerprint density at radius 1 is 1.37 bits per heavy atom. The first kappa shape index (κ1) is 14.4. The summed E-state index contributed by atoms with van der Waals surface area (Å²) < 4.78 is 5.07. The van der Waals surface area contributed by atoms with Crippen LogP contribution in [-0.4, -0.2) is 33.4 Å². The summed E-state index contributed by atoms with van der Waals surface area (Å²) in [5.74, 6) is 0.870. The highest BCUT2D eigenvalue weighted by Crippen LogP contribution is 2.28. The maximum Gasteiger partial charge on any atom is 0.0587 e. The van der Waals surface area contributed by atoms with Crippen molar-refractivity contribution in [3.05, 3.63) is 29.8 Å². The lowest BCUT2D eigenvalue weighted by atomic mass is 10.1. The maximum absolute atomic E-state index is 5.07. The minimum absolute atomic E-state index is 0.768. The third-order valence-electron chi connectivity index (χ3n) is 3.99. The first-order valence-electron chi connectivity index (χ1n) is 7.37. The molecule has 1 saturated heterocycles. The van der Waals surface area contributed by atoms with Gasteiger partial charge in [-0.05, 0) is 24.0 Å². The smallest absolute Gasteiger partial charge is 0.0587 e. The highest BCUT2D eigenvalue weighted by molar-refractivity contribution is 5.54. The molecule has 1 aliphatic heterocycles. The van der Waals surface area contributed by atoms with Gasteiger partial charge in [0.15, 0.2) is 0 Å². The van der Waals surface area contributed by atoms with Crippen molar-refractivity contribution in [2.45, 2.75) is 26.3 Å². The second kappa shape index (κ2) is 7.51. The summed E-state index contributed by atoms with van der Waals surface area (Å²) in [4.78, 5) is 2.54. The molecule has 0 spiro atoms. The molecule has 1 atom stereocenters. The Morgan fingerprint density at radius 2 is 2.21 bits per heavy atom. The van der Waals surface area contributed by atoms with Crippen molar-refractivity contribution in [1.82, 2.24) is 5.32 Å². The second-order valence-electron chi connectivity index (χ2n) is 5.31. The number of hydrogen-bond acceptors (Lipinski definition) is 3. The summed E-state index contributed by atoms with van der Waals surface area (Å²) in [5.41, 5.74) is 2.80. The van der Waals surface area contributed by atoms with Crippen LogP contribution in [0.15, 0.2) is 24.3 Å². The molecule has 1 unspecified atom stereocenters. The lowest BCUT2D eigenvalue weighted by Crippen LogP contribution is -2.24. The standard InChI is InChI=1S/C16H26N2O/c1-3-14-8-10-18(13-14)16-7-5-4-6-15(16)12-17-9-11-19-2/h4-7,14,17H,3,8-13H2,1-2H3. The van der Waals surface area contributed by atoms with Crippen LogP contribution in [0.3, 0.4) is 0 Å². The molecule has 0 aromatic heterocycles. The molecule has 0 radical (unpaired) electrons. The first-order chi connectivity index (χ1) is 9.35. The van der Waals surface area contributed by atoms with Crippen molar-refractivity contribution < 1.29 is 4.74 Å². The van der Waals surface area contributed by atoms with E-state index in [9.17, 15) is 0 Å². The van der Waals surface area contributed by atoms with E-state index in [-0.39, 0.29) is 0 Å². The summed E-state index contributed by atoms with van der Waals surface area (Å²) >= 11 is 0. The van der Waals surface area contributed by atoms with Gasteiger partial charge in [-0.25, -0.2) is 0 Å². The van der Waals surface area contributed by atoms with Crippen LogP contribution in [0.1, 0.15) is 25.3 Å². The van der Waals surface area contributed by atoms with Gasteiger partial charge in [-0.15, -0.1) is 0 Å². The maximum atomic E-state index is 5.07. The first-order valence-corrected chi connectivity index (χ1v) is 7.37. The molecule has 19 heavy (non-hydrogen) atoms. The van der Waals surface area contributed by atoms with Gasteiger partial charge in [-0.3, -0.25) is 0 Å². The number of rotatable bonds is 7. The molecule has 1 aromatic carbocycles. The molecule has 1 N–H and O–H groups in total. The summed E-state index contributed by atoms with van der Waals surface area (Å²) in [6.45, 7) is 7.31. The number of anilines is 1. The largest absolute Gasteiger partial charge is 0.383 e. The van der Waals surface area contributed by atoms with Crippen molar-refractivity contribution in [2.24, 2.45) is 5.92 Å². The van der Waals surface area contributed by atoms with Gasteiger partial charge in [-0.1, -0.05) is 31.5 Å².